The van der Waals surface area contributed by atoms with Crippen LogP contribution in [-0.4, -0.2) is 25.4 Å². The maximum absolute atomic E-state index is 11.3. The molecule has 0 fully saturated rings. The van der Waals surface area contributed by atoms with Gasteiger partial charge in [-0.3, -0.25) is 4.79 Å². The second kappa shape index (κ2) is 5.25. The number of benzene rings is 1. The van der Waals surface area contributed by atoms with Gasteiger partial charge in [0.2, 0.25) is 5.91 Å². The van der Waals surface area contributed by atoms with Crippen molar-refractivity contribution in [2.75, 3.05) is 5.32 Å². The first kappa shape index (κ1) is 14.9. The van der Waals surface area contributed by atoms with Crippen LogP contribution >= 0.6 is 26.6 Å². The average molecular weight is 357 g/mol. The molecule has 0 saturated heterocycles. The molecule has 0 radical (unpaired) electrons. The summed E-state index contributed by atoms with van der Waals surface area (Å²) in [6.45, 7) is 1.24. The van der Waals surface area contributed by atoms with E-state index in [9.17, 15) is 18.0 Å². The molecule has 18 heavy (non-hydrogen) atoms. The smallest absolute Gasteiger partial charge is 0.337 e. The zero-order valence-electron chi connectivity index (χ0n) is 8.90. The number of amides is 1. The van der Waals surface area contributed by atoms with E-state index >= 15 is 0 Å². The Balaban J connectivity index is 3.56. The molecule has 2 N–H and O–H groups in total. The van der Waals surface area contributed by atoms with Crippen molar-refractivity contribution in [2.24, 2.45) is 0 Å². The SMILES string of the molecule is CC(=O)Nc1cc(Br)c(S(=O)(=O)Cl)c(C(=O)O)c1. The van der Waals surface area contributed by atoms with Crippen LogP contribution in [0.25, 0.3) is 0 Å². The largest absolute Gasteiger partial charge is 0.478 e. The van der Waals surface area contributed by atoms with Gasteiger partial charge in [0, 0.05) is 27.8 Å². The van der Waals surface area contributed by atoms with E-state index in [1.165, 1.54) is 13.0 Å². The minimum Gasteiger partial charge on any atom is -0.478 e. The van der Waals surface area contributed by atoms with E-state index in [4.69, 9.17) is 15.8 Å². The molecule has 0 aliphatic heterocycles. The van der Waals surface area contributed by atoms with Gasteiger partial charge >= 0.3 is 5.97 Å². The van der Waals surface area contributed by atoms with Gasteiger partial charge in [0.1, 0.15) is 4.90 Å². The van der Waals surface area contributed by atoms with Gasteiger partial charge in [0.05, 0.1) is 5.56 Å². The fourth-order valence-corrected chi connectivity index (χ4v) is 3.85. The van der Waals surface area contributed by atoms with Crippen LogP contribution < -0.4 is 5.32 Å². The number of carbonyl (C=O) groups excluding carboxylic acids is 1. The third-order valence-electron chi connectivity index (χ3n) is 1.84. The monoisotopic (exact) mass is 355 g/mol. The minimum absolute atomic E-state index is 0.0406. The van der Waals surface area contributed by atoms with E-state index in [2.05, 4.69) is 21.2 Å². The van der Waals surface area contributed by atoms with Crippen LogP contribution in [0.3, 0.4) is 0 Å². The first-order valence-electron chi connectivity index (χ1n) is 4.42. The number of nitrogens with one attached hydrogen (secondary N) is 1. The van der Waals surface area contributed by atoms with E-state index in [0.29, 0.717) is 0 Å². The molecule has 0 aromatic heterocycles. The van der Waals surface area contributed by atoms with Crippen LogP contribution in [0.2, 0.25) is 0 Å². The molecule has 0 atom stereocenters. The molecule has 0 unspecified atom stereocenters. The average Bonchev–Trinajstić information content (AvgIpc) is 2.12. The lowest BCUT2D eigenvalue weighted by atomic mass is 10.2. The lowest BCUT2D eigenvalue weighted by Crippen LogP contribution is -2.10. The number of carboxylic acid groups (broad SMARTS) is 1. The molecule has 1 rings (SSSR count). The molecule has 1 aromatic rings. The van der Waals surface area contributed by atoms with Gasteiger partial charge in [-0.15, -0.1) is 0 Å². The summed E-state index contributed by atoms with van der Waals surface area (Å²) in [5.41, 5.74) is -0.376. The van der Waals surface area contributed by atoms with Crippen molar-refractivity contribution in [3.63, 3.8) is 0 Å². The molecule has 98 valence electrons. The summed E-state index contributed by atoms with van der Waals surface area (Å²) < 4.78 is 22.6. The topological polar surface area (TPSA) is 101 Å². The fraction of sp³-hybridized carbons (Fsp3) is 0.111. The summed E-state index contributed by atoms with van der Waals surface area (Å²) in [7, 11) is 0.940. The van der Waals surface area contributed by atoms with Gasteiger partial charge in [0.25, 0.3) is 9.05 Å². The maximum Gasteiger partial charge on any atom is 0.337 e. The molecule has 0 aliphatic rings. The van der Waals surface area contributed by atoms with Crippen molar-refractivity contribution >= 4 is 53.2 Å². The van der Waals surface area contributed by atoms with Crippen molar-refractivity contribution in [3.8, 4) is 0 Å². The van der Waals surface area contributed by atoms with Crippen LogP contribution in [-0.2, 0) is 13.8 Å². The van der Waals surface area contributed by atoms with E-state index in [1.807, 2.05) is 0 Å². The predicted molar refractivity (Wildman–Crippen MR) is 68.4 cm³/mol. The first-order chi connectivity index (χ1) is 8.12. The number of carbonyl (C=O) groups is 2. The zero-order chi connectivity index (χ0) is 14.1. The summed E-state index contributed by atoms with van der Waals surface area (Å²) in [6.07, 6.45) is 0. The quantitative estimate of drug-likeness (QED) is 0.807. The molecule has 0 aliphatic carbocycles. The highest BCUT2D eigenvalue weighted by atomic mass is 79.9. The number of carboxylic acids is 1. The van der Waals surface area contributed by atoms with Gasteiger partial charge in [-0.2, -0.15) is 0 Å². The highest BCUT2D eigenvalue weighted by Gasteiger charge is 2.24. The van der Waals surface area contributed by atoms with Gasteiger partial charge in [-0.25, -0.2) is 13.2 Å². The Morgan fingerprint density at radius 2 is 1.94 bits per heavy atom. The number of anilines is 1. The van der Waals surface area contributed by atoms with Crippen molar-refractivity contribution in [1.82, 2.24) is 0 Å². The van der Waals surface area contributed by atoms with Gasteiger partial charge < -0.3 is 10.4 Å². The molecule has 0 spiro atoms. The van der Waals surface area contributed by atoms with E-state index in [0.717, 1.165) is 6.07 Å². The van der Waals surface area contributed by atoms with Crippen molar-refractivity contribution in [2.45, 2.75) is 11.8 Å². The third kappa shape index (κ3) is 3.44. The molecule has 0 saturated carbocycles. The maximum atomic E-state index is 11.3. The summed E-state index contributed by atoms with van der Waals surface area (Å²) in [6, 6.07) is 2.27. The molecule has 6 nitrogen and oxygen atoms in total. The Hall–Kier alpha value is -1.12. The Bertz CT molecular complexity index is 628. The summed E-state index contributed by atoms with van der Waals surface area (Å²) in [4.78, 5) is 21.3. The Kier molecular flexibility index (Phi) is 4.36. The molecular weight excluding hydrogens is 350 g/mol. The standard InChI is InChI=1S/C9H7BrClNO5S/c1-4(13)12-5-2-6(9(14)15)8(7(10)3-5)18(11,16)17/h2-3H,1H3,(H,12,13)(H,14,15). The predicted octanol–water partition coefficient (Wildman–Crippen LogP) is 2.03. The van der Waals surface area contributed by atoms with Crippen molar-refractivity contribution in [3.05, 3.63) is 22.2 Å². The number of rotatable bonds is 3. The number of hydrogen-bond acceptors (Lipinski definition) is 4. The molecule has 0 heterocycles. The third-order valence-corrected chi connectivity index (χ3v) is 4.12. The molecule has 1 amide bonds. The van der Waals surface area contributed by atoms with Gasteiger partial charge in [-0.05, 0) is 28.1 Å². The number of aromatic carboxylic acids is 1. The second-order valence-electron chi connectivity index (χ2n) is 3.26. The van der Waals surface area contributed by atoms with Crippen LogP contribution in [0.4, 0.5) is 5.69 Å². The summed E-state index contributed by atoms with van der Waals surface area (Å²) in [5.74, 6) is -1.89. The van der Waals surface area contributed by atoms with Crippen molar-refractivity contribution < 1.29 is 23.1 Å². The lowest BCUT2D eigenvalue weighted by Gasteiger charge is -2.09. The molecule has 1 aromatic carbocycles. The van der Waals surface area contributed by atoms with Crippen LogP contribution in [0.5, 0.6) is 0 Å². The van der Waals surface area contributed by atoms with Crippen LogP contribution in [0.15, 0.2) is 21.5 Å². The summed E-state index contributed by atoms with van der Waals surface area (Å²) in [5, 5.41) is 11.3. The highest BCUT2D eigenvalue weighted by molar-refractivity contribution is 9.10. The zero-order valence-corrected chi connectivity index (χ0v) is 12.1. The number of halogens is 2. The second-order valence-corrected chi connectivity index (χ2v) is 6.62. The van der Waals surface area contributed by atoms with E-state index in [1.54, 1.807) is 0 Å². The molecule has 0 bridgehead atoms. The Labute approximate surface area is 115 Å². The molecule has 9 heteroatoms. The van der Waals surface area contributed by atoms with E-state index in [-0.39, 0.29) is 10.2 Å². The van der Waals surface area contributed by atoms with Gasteiger partial charge in [0.15, 0.2) is 0 Å². The number of hydrogen-bond donors (Lipinski definition) is 2. The van der Waals surface area contributed by atoms with Gasteiger partial charge in [-0.1, -0.05) is 0 Å². The van der Waals surface area contributed by atoms with E-state index < -0.39 is 31.4 Å². The molecular formula is C9H7BrClNO5S. The lowest BCUT2D eigenvalue weighted by molar-refractivity contribution is -0.114. The Morgan fingerprint density at radius 1 is 1.39 bits per heavy atom. The highest BCUT2D eigenvalue weighted by Crippen LogP contribution is 2.32. The van der Waals surface area contributed by atoms with Crippen LogP contribution in [0.1, 0.15) is 17.3 Å². The van der Waals surface area contributed by atoms with Crippen molar-refractivity contribution in [1.29, 1.82) is 0 Å². The minimum atomic E-state index is -4.22. The summed E-state index contributed by atoms with van der Waals surface area (Å²) >= 11 is 2.91. The Morgan fingerprint density at radius 3 is 2.33 bits per heavy atom. The van der Waals surface area contributed by atoms with Crippen LogP contribution in [0, 0.1) is 0 Å². The fourth-order valence-electron chi connectivity index (χ4n) is 1.28. The first-order valence-corrected chi connectivity index (χ1v) is 7.52. The normalized spacial score (nSPS) is 11.1.